The van der Waals surface area contributed by atoms with Gasteiger partial charge in [0.25, 0.3) is 0 Å². The molecule has 2 aromatic carbocycles. The number of piperazine rings is 1. The van der Waals surface area contributed by atoms with Crippen molar-refractivity contribution in [2.45, 2.75) is 6.18 Å². The highest BCUT2D eigenvalue weighted by atomic mass is 19.4. The van der Waals surface area contributed by atoms with E-state index < -0.39 is 12.0 Å². The van der Waals surface area contributed by atoms with E-state index in [9.17, 15) is 13.2 Å². The van der Waals surface area contributed by atoms with Crippen LogP contribution in [0.3, 0.4) is 0 Å². The molecule has 28 heavy (non-hydrogen) atoms. The third kappa shape index (κ3) is 3.42. The zero-order valence-electron chi connectivity index (χ0n) is 15.3. The van der Waals surface area contributed by atoms with E-state index in [1.165, 1.54) is 0 Å². The highest BCUT2D eigenvalue weighted by molar-refractivity contribution is 5.89. The van der Waals surface area contributed by atoms with Crippen molar-refractivity contribution in [1.29, 1.82) is 0 Å². The SMILES string of the molecule is COc1ccccc1N1CCN(c2nc(C(F)(F)F)nc3ccccc23)CC1. The first kappa shape index (κ1) is 18.3. The molecule has 0 unspecified atom stereocenters. The Kier molecular flexibility index (Phi) is 4.70. The molecule has 4 rings (SSSR count). The third-order valence-corrected chi connectivity index (χ3v) is 4.84. The molecular weight excluding hydrogens is 369 g/mol. The lowest BCUT2D eigenvalue weighted by Crippen LogP contribution is -2.47. The maximum Gasteiger partial charge on any atom is 0.451 e. The minimum atomic E-state index is -4.59. The van der Waals surface area contributed by atoms with Crippen LogP contribution in [0, 0.1) is 0 Å². The molecular formula is C20H19F3N4O. The van der Waals surface area contributed by atoms with Gasteiger partial charge in [0.1, 0.15) is 11.6 Å². The second kappa shape index (κ2) is 7.18. The molecule has 146 valence electrons. The highest BCUT2D eigenvalue weighted by Gasteiger charge is 2.36. The largest absolute Gasteiger partial charge is 0.495 e. The molecule has 0 aliphatic carbocycles. The van der Waals surface area contributed by atoms with Crippen LogP contribution in [0.1, 0.15) is 5.82 Å². The molecule has 0 amide bonds. The average Bonchev–Trinajstić information content (AvgIpc) is 2.72. The molecule has 3 aromatic rings. The van der Waals surface area contributed by atoms with Crippen LogP contribution in [0.15, 0.2) is 48.5 Å². The van der Waals surface area contributed by atoms with E-state index in [0.29, 0.717) is 42.9 Å². The lowest BCUT2D eigenvalue weighted by Gasteiger charge is -2.37. The first-order valence-corrected chi connectivity index (χ1v) is 8.94. The number of aromatic nitrogens is 2. The normalized spacial score (nSPS) is 15.1. The number of alkyl halides is 3. The van der Waals surface area contributed by atoms with E-state index in [1.54, 1.807) is 31.4 Å². The van der Waals surface area contributed by atoms with Gasteiger partial charge >= 0.3 is 6.18 Å². The summed E-state index contributed by atoms with van der Waals surface area (Å²) in [4.78, 5) is 11.6. The molecule has 0 N–H and O–H groups in total. The number of anilines is 2. The quantitative estimate of drug-likeness (QED) is 0.679. The van der Waals surface area contributed by atoms with Gasteiger partial charge in [-0.3, -0.25) is 0 Å². The van der Waals surface area contributed by atoms with Gasteiger partial charge in [0, 0.05) is 31.6 Å². The number of nitrogens with zero attached hydrogens (tertiary/aromatic N) is 4. The van der Waals surface area contributed by atoms with Crippen molar-refractivity contribution in [1.82, 2.24) is 9.97 Å². The molecule has 1 aromatic heterocycles. The Labute approximate surface area is 160 Å². The molecule has 0 radical (unpaired) electrons. The lowest BCUT2D eigenvalue weighted by atomic mass is 10.2. The Hall–Kier alpha value is -3.03. The summed E-state index contributed by atoms with van der Waals surface area (Å²) in [6.45, 7) is 2.41. The van der Waals surface area contributed by atoms with E-state index in [-0.39, 0.29) is 0 Å². The van der Waals surface area contributed by atoms with E-state index >= 15 is 0 Å². The summed E-state index contributed by atoms with van der Waals surface area (Å²) in [6, 6.07) is 14.5. The average molecular weight is 388 g/mol. The number of fused-ring (bicyclic) bond motifs is 1. The number of benzene rings is 2. The molecule has 1 aliphatic heterocycles. The third-order valence-electron chi connectivity index (χ3n) is 4.84. The Morgan fingerprint density at radius 2 is 1.50 bits per heavy atom. The number of hydrogen-bond acceptors (Lipinski definition) is 5. The Morgan fingerprint density at radius 1 is 0.857 bits per heavy atom. The molecule has 8 heteroatoms. The fourth-order valence-electron chi connectivity index (χ4n) is 3.48. The van der Waals surface area contributed by atoms with Gasteiger partial charge in [0.15, 0.2) is 0 Å². The summed E-state index contributed by atoms with van der Waals surface area (Å²) in [5.74, 6) is 0.00811. The molecule has 0 atom stereocenters. The summed E-state index contributed by atoms with van der Waals surface area (Å²) >= 11 is 0. The van der Waals surface area contributed by atoms with Gasteiger partial charge in [-0.25, -0.2) is 9.97 Å². The van der Waals surface area contributed by atoms with Gasteiger partial charge in [-0.15, -0.1) is 0 Å². The van der Waals surface area contributed by atoms with Crippen molar-refractivity contribution in [2.75, 3.05) is 43.1 Å². The molecule has 0 bridgehead atoms. The van der Waals surface area contributed by atoms with Crippen molar-refractivity contribution >= 4 is 22.4 Å². The maximum atomic E-state index is 13.3. The number of rotatable bonds is 3. The fraction of sp³-hybridized carbons (Fsp3) is 0.300. The fourth-order valence-corrected chi connectivity index (χ4v) is 3.48. The number of hydrogen-bond donors (Lipinski definition) is 0. The monoisotopic (exact) mass is 388 g/mol. The second-order valence-corrected chi connectivity index (χ2v) is 6.53. The summed E-state index contributed by atoms with van der Waals surface area (Å²) in [5, 5.41) is 0.626. The molecule has 2 heterocycles. The minimum Gasteiger partial charge on any atom is -0.495 e. The van der Waals surface area contributed by atoms with E-state index in [0.717, 1.165) is 11.4 Å². The van der Waals surface area contributed by atoms with Crippen LogP contribution in [-0.4, -0.2) is 43.3 Å². The van der Waals surface area contributed by atoms with Gasteiger partial charge in [0.2, 0.25) is 5.82 Å². The van der Waals surface area contributed by atoms with Crippen LogP contribution in [0.25, 0.3) is 10.9 Å². The Balaban J connectivity index is 1.63. The first-order chi connectivity index (χ1) is 13.5. The molecule has 0 saturated carbocycles. The van der Waals surface area contributed by atoms with E-state index in [1.807, 2.05) is 29.2 Å². The Bertz CT molecular complexity index is 985. The number of halogens is 3. The Morgan fingerprint density at radius 3 is 2.21 bits per heavy atom. The van der Waals surface area contributed by atoms with Crippen LogP contribution in [0.2, 0.25) is 0 Å². The van der Waals surface area contributed by atoms with Crippen LogP contribution >= 0.6 is 0 Å². The summed E-state index contributed by atoms with van der Waals surface area (Å²) in [7, 11) is 1.63. The van der Waals surface area contributed by atoms with Crippen molar-refractivity contribution in [3.63, 3.8) is 0 Å². The zero-order valence-corrected chi connectivity index (χ0v) is 15.3. The number of ether oxygens (including phenoxy) is 1. The summed E-state index contributed by atoms with van der Waals surface area (Å²) in [5.41, 5.74) is 1.28. The van der Waals surface area contributed by atoms with Crippen LogP contribution in [-0.2, 0) is 6.18 Å². The van der Waals surface area contributed by atoms with Crippen molar-refractivity contribution < 1.29 is 17.9 Å². The predicted octanol–water partition coefficient (Wildman–Crippen LogP) is 3.98. The second-order valence-electron chi connectivity index (χ2n) is 6.53. The van der Waals surface area contributed by atoms with E-state index in [2.05, 4.69) is 14.9 Å². The van der Waals surface area contributed by atoms with Crippen LogP contribution in [0.4, 0.5) is 24.7 Å². The van der Waals surface area contributed by atoms with Gasteiger partial charge in [0.05, 0.1) is 18.3 Å². The number of para-hydroxylation sites is 3. The van der Waals surface area contributed by atoms with E-state index in [4.69, 9.17) is 4.74 Å². The molecule has 1 fully saturated rings. The summed E-state index contributed by atoms with van der Waals surface area (Å²) < 4.78 is 45.2. The van der Waals surface area contributed by atoms with Crippen molar-refractivity contribution in [3.05, 3.63) is 54.4 Å². The van der Waals surface area contributed by atoms with Crippen molar-refractivity contribution in [3.8, 4) is 5.75 Å². The minimum absolute atomic E-state index is 0.298. The van der Waals surface area contributed by atoms with Gasteiger partial charge in [-0.1, -0.05) is 24.3 Å². The van der Waals surface area contributed by atoms with Gasteiger partial charge in [-0.05, 0) is 24.3 Å². The summed E-state index contributed by atoms with van der Waals surface area (Å²) in [6.07, 6.45) is -4.59. The molecule has 0 spiro atoms. The standard InChI is InChI=1S/C20H19F3N4O/c1-28-17-9-5-4-8-16(17)26-10-12-27(13-11-26)18-14-6-2-3-7-15(14)24-19(25-18)20(21,22)23/h2-9H,10-13H2,1H3. The topological polar surface area (TPSA) is 41.5 Å². The number of methoxy groups -OCH3 is 1. The van der Waals surface area contributed by atoms with Crippen LogP contribution < -0.4 is 14.5 Å². The predicted molar refractivity (Wildman–Crippen MR) is 102 cm³/mol. The highest BCUT2D eigenvalue weighted by Crippen LogP contribution is 2.33. The smallest absolute Gasteiger partial charge is 0.451 e. The molecule has 1 aliphatic rings. The van der Waals surface area contributed by atoms with Crippen LogP contribution in [0.5, 0.6) is 5.75 Å². The van der Waals surface area contributed by atoms with Crippen molar-refractivity contribution in [2.24, 2.45) is 0 Å². The maximum absolute atomic E-state index is 13.3. The van der Waals surface area contributed by atoms with Gasteiger partial charge < -0.3 is 14.5 Å². The molecule has 5 nitrogen and oxygen atoms in total. The molecule has 1 saturated heterocycles. The first-order valence-electron chi connectivity index (χ1n) is 8.94. The lowest BCUT2D eigenvalue weighted by molar-refractivity contribution is -0.144. The zero-order chi connectivity index (χ0) is 19.7. The van der Waals surface area contributed by atoms with Gasteiger partial charge in [-0.2, -0.15) is 13.2 Å².